The first-order valence-electron chi connectivity index (χ1n) is 16.4. The number of benzene rings is 9. The van der Waals surface area contributed by atoms with Gasteiger partial charge in [0.15, 0.2) is 0 Å². The molecule has 11 rings (SSSR count). The fraction of sp³-hybridized carbons (Fsp3) is 0. The van der Waals surface area contributed by atoms with Gasteiger partial charge in [-0.3, -0.25) is 0 Å². The highest BCUT2D eigenvalue weighted by atomic mass is 16.3. The van der Waals surface area contributed by atoms with Gasteiger partial charge in [-0.05, 0) is 90.3 Å². The molecule has 0 atom stereocenters. The van der Waals surface area contributed by atoms with Crippen LogP contribution < -0.4 is 0 Å². The van der Waals surface area contributed by atoms with E-state index in [1.165, 1.54) is 54.4 Å². The highest BCUT2D eigenvalue weighted by Crippen LogP contribution is 2.46. The largest absolute Gasteiger partial charge is 0.456 e. The van der Waals surface area contributed by atoms with Gasteiger partial charge in [0.05, 0.1) is 0 Å². The molecule has 0 aliphatic heterocycles. The van der Waals surface area contributed by atoms with E-state index in [2.05, 4.69) is 158 Å². The molecule has 0 aliphatic carbocycles. The van der Waals surface area contributed by atoms with Crippen LogP contribution in [0.15, 0.2) is 167 Å². The van der Waals surface area contributed by atoms with Crippen molar-refractivity contribution in [2.45, 2.75) is 0 Å². The second kappa shape index (κ2) is 9.57. The van der Waals surface area contributed by atoms with Crippen molar-refractivity contribution in [1.29, 1.82) is 0 Å². The molecular formula is C46H26O2. The van der Waals surface area contributed by atoms with Crippen LogP contribution in [0.4, 0.5) is 0 Å². The van der Waals surface area contributed by atoms with Crippen molar-refractivity contribution in [3.63, 3.8) is 0 Å². The minimum atomic E-state index is 0.867. The molecule has 0 spiro atoms. The van der Waals surface area contributed by atoms with Crippen LogP contribution in [0.3, 0.4) is 0 Å². The van der Waals surface area contributed by atoms with E-state index in [1.807, 2.05) is 0 Å². The first kappa shape index (κ1) is 25.8. The number of hydrogen-bond donors (Lipinski definition) is 0. The van der Waals surface area contributed by atoms with Crippen LogP contribution in [-0.4, -0.2) is 0 Å². The monoisotopic (exact) mass is 610 g/mol. The zero-order valence-electron chi connectivity index (χ0n) is 25.8. The maximum absolute atomic E-state index is 6.57. The molecule has 0 saturated heterocycles. The lowest BCUT2D eigenvalue weighted by molar-refractivity contribution is 0.665. The van der Waals surface area contributed by atoms with Gasteiger partial charge in [0.2, 0.25) is 0 Å². The van der Waals surface area contributed by atoms with Crippen molar-refractivity contribution in [3.05, 3.63) is 158 Å². The van der Waals surface area contributed by atoms with Gasteiger partial charge in [-0.15, -0.1) is 0 Å². The predicted molar refractivity (Wildman–Crippen MR) is 202 cm³/mol. The van der Waals surface area contributed by atoms with Crippen LogP contribution in [0.1, 0.15) is 0 Å². The second-order valence-corrected chi connectivity index (χ2v) is 12.8. The van der Waals surface area contributed by atoms with Crippen LogP contribution in [0.2, 0.25) is 0 Å². The average Bonchev–Trinajstić information content (AvgIpc) is 3.69. The Hall–Kier alpha value is -6.38. The molecule has 0 saturated carbocycles. The Bertz CT molecular complexity index is 3060. The average molecular weight is 611 g/mol. The molecule has 2 heteroatoms. The topological polar surface area (TPSA) is 26.3 Å². The van der Waals surface area contributed by atoms with Gasteiger partial charge in [-0.25, -0.2) is 0 Å². The standard InChI is InChI=1S/C46H26O2/c1-3-13-30-27(10-1)12-9-19-32(30)45-35-17-7-5-15-33(35)44(34-16-6-8-18-36(34)45)29-21-23-41-38(24-29)40-26-43-39(25-42(40)47-41)37-22-20-28-11-2-4-14-31(28)46(37)48-43/h1-26H. The summed E-state index contributed by atoms with van der Waals surface area (Å²) in [7, 11) is 0. The van der Waals surface area contributed by atoms with Gasteiger partial charge in [-0.2, -0.15) is 0 Å². The SMILES string of the molecule is c1ccc2c(-c3c4ccccc4c(-c4ccc5oc6cc7c(cc6c5c4)oc4c5ccccc5ccc74)c4ccccc34)cccc2c1. The van der Waals surface area contributed by atoms with Crippen molar-refractivity contribution < 1.29 is 8.83 Å². The molecule has 0 N–H and O–H groups in total. The lowest BCUT2D eigenvalue weighted by Gasteiger charge is -2.18. The summed E-state index contributed by atoms with van der Waals surface area (Å²) in [5.41, 5.74) is 8.46. The van der Waals surface area contributed by atoms with E-state index in [4.69, 9.17) is 8.83 Å². The fourth-order valence-corrected chi connectivity index (χ4v) is 8.10. The number of furan rings is 2. The molecule has 9 aromatic carbocycles. The predicted octanol–water partition coefficient (Wildman–Crippen LogP) is 13.4. The van der Waals surface area contributed by atoms with Crippen molar-refractivity contribution in [2.24, 2.45) is 0 Å². The van der Waals surface area contributed by atoms with Crippen molar-refractivity contribution >= 4 is 87.0 Å². The maximum atomic E-state index is 6.57. The molecule has 0 radical (unpaired) electrons. The molecule has 2 heterocycles. The summed E-state index contributed by atoms with van der Waals surface area (Å²) >= 11 is 0. The van der Waals surface area contributed by atoms with E-state index in [9.17, 15) is 0 Å². The van der Waals surface area contributed by atoms with E-state index in [0.29, 0.717) is 0 Å². The molecule has 0 bridgehead atoms. The fourth-order valence-electron chi connectivity index (χ4n) is 8.10. The lowest BCUT2D eigenvalue weighted by Crippen LogP contribution is -1.91. The molecule has 0 fully saturated rings. The first-order chi connectivity index (χ1) is 23.8. The maximum Gasteiger partial charge on any atom is 0.143 e. The highest BCUT2D eigenvalue weighted by molar-refractivity contribution is 6.25. The summed E-state index contributed by atoms with van der Waals surface area (Å²) in [4.78, 5) is 0. The number of hydrogen-bond acceptors (Lipinski definition) is 2. The molecule has 0 aliphatic rings. The molecule has 48 heavy (non-hydrogen) atoms. The molecule has 222 valence electrons. The Morgan fingerprint density at radius 2 is 0.833 bits per heavy atom. The summed E-state index contributed by atoms with van der Waals surface area (Å²) in [6, 6.07) is 56.7. The number of fused-ring (bicyclic) bond motifs is 11. The summed E-state index contributed by atoms with van der Waals surface area (Å²) in [6.45, 7) is 0. The Labute approximate surface area is 275 Å². The third-order valence-electron chi connectivity index (χ3n) is 10.2. The zero-order chi connectivity index (χ0) is 31.3. The van der Waals surface area contributed by atoms with Gasteiger partial charge in [0, 0.05) is 26.9 Å². The normalized spacial score (nSPS) is 12.2. The van der Waals surface area contributed by atoms with E-state index in [-0.39, 0.29) is 0 Å². The Balaban J connectivity index is 1.19. The van der Waals surface area contributed by atoms with Crippen LogP contribution in [0, 0.1) is 0 Å². The minimum Gasteiger partial charge on any atom is -0.456 e. The van der Waals surface area contributed by atoms with Gasteiger partial charge < -0.3 is 8.83 Å². The van der Waals surface area contributed by atoms with E-state index in [1.54, 1.807) is 0 Å². The summed E-state index contributed by atoms with van der Waals surface area (Å²) in [5.74, 6) is 0. The quantitative estimate of drug-likeness (QED) is 0.182. The van der Waals surface area contributed by atoms with Gasteiger partial charge >= 0.3 is 0 Å². The molecule has 2 nitrogen and oxygen atoms in total. The summed E-state index contributed by atoms with van der Waals surface area (Å²) in [6.07, 6.45) is 0. The Morgan fingerprint density at radius 1 is 0.292 bits per heavy atom. The number of rotatable bonds is 2. The third kappa shape index (κ3) is 3.52. The van der Waals surface area contributed by atoms with Gasteiger partial charge in [-0.1, -0.05) is 127 Å². The highest BCUT2D eigenvalue weighted by Gasteiger charge is 2.20. The van der Waals surface area contributed by atoms with Gasteiger partial charge in [0.25, 0.3) is 0 Å². The van der Waals surface area contributed by atoms with Crippen LogP contribution in [0.25, 0.3) is 109 Å². The smallest absolute Gasteiger partial charge is 0.143 e. The minimum absolute atomic E-state index is 0.867. The summed E-state index contributed by atoms with van der Waals surface area (Å²) in [5, 5.41) is 14.1. The van der Waals surface area contributed by atoms with E-state index >= 15 is 0 Å². The van der Waals surface area contributed by atoms with Crippen molar-refractivity contribution in [3.8, 4) is 22.3 Å². The summed E-state index contributed by atoms with van der Waals surface area (Å²) < 4.78 is 13.1. The second-order valence-electron chi connectivity index (χ2n) is 12.8. The molecule has 11 aromatic rings. The zero-order valence-corrected chi connectivity index (χ0v) is 25.8. The molecular weight excluding hydrogens is 585 g/mol. The van der Waals surface area contributed by atoms with Gasteiger partial charge in [0.1, 0.15) is 22.3 Å². The van der Waals surface area contributed by atoms with Crippen LogP contribution in [0.5, 0.6) is 0 Å². The van der Waals surface area contributed by atoms with E-state index in [0.717, 1.165) is 54.8 Å². The first-order valence-corrected chi connectivity index (χ1v) is 16.4. The Kier molecular flexibility index (Phi) is 5.14. The molecule has 0 unspecified atom stereocenters. The van der Waals surface area contributed by atoms with Crippen LogP contribution in [-0.2, 0) is 0 Å². The third-order valence-corrected chi connectivity index (χ3v) is 10.2. The van der Waals surface area contributed by atoms with Crippen molar-refractivity contribution in [1.82, 2.24) is 0 Å². The molecule has 0 amide bonds. The van der Waals surface area contributed by atoms with Crippen LogP contribution >= 0.6 is 0 Å². The lowest BCUT2D eigenvalue weighted by atomic mass is 9.84. The van der Waals surface area contributed by atoms with Crippen molar-refractivity contribution in [2.75, 3.05) is 0 Å². The molecule has 2 aromatic heterocycles. The van der Waals surface area contributed by atoms with E-state index < -0.39 is 0 Å². The Morgan fingerprint density at radius 3 is 1.56 bits per heavy atom.